The standard InChI is InChI=1S/C6H6N4O/c1-3-2-4-5(8-7-3)9-10-6(4)11/h2H,1H3,(H2,8,9,10,11). The number of aromatic amines is 2. The molecule has 56 valence electrons. The molecule has 0 bridgehead atoms. The van der Waals surface area contributed by atoms with Crippen LogP contribution < -0.4 is 5.56 Å². The van der Waals surface area contributed by atoms with Crippen molar-refractivity contribution in [3.63, 3.8) is 0 Å². The van der Waals surface area contributed by atoms with Crippen LogP contribution in [0.4, 0.5) is 0 Å². The van der Waals surface area contributed by atoms with Crippen molar-refractivity contribution in [3.8, 4) is 0 Å². The number of H-pyrrole nitrogens is 2. The summed E-state index contributed by atoms with van der Waals surface area (Å²) in [7, 11) is 0. The molecule has 2 N–H and O–H groups in total. The molecule has 0 aromatic carbocycles. The van der Waals surface area contributed by atoms with Gasteiger partial charge < -0.3 is 0 Å². The van der Waals surface area contributed by atoms with Gasteiger partial charge in [0.2, 0.25) is 0 Å². The molecule has 0 fully saturated rings. The molecule has 5 nitrogen and oxygen atoms in total. The molecule has 11 heavy (non-hydrogen) atoms. The third-order valence-electron chi connectivity index (χ3n) is 1.46. The van der Waals surface area contributed by atoms with Crippen molar-refractivity contribution in [1.29, 1.82) is 0 Å². The van der Waals surface area contributed by atoms with E-state index in [9.17, 15) is 4.79 Å². The smallest absolute Gasteiger partial charge is 0.273 e. The Kier molecular flexibility index (Phi) is 1.06. The Morgan fingerprint density at radius 1 is 1.36 bits per heavy atom. The maximum atomic E-state index is 11.0. The van der Waals surface area contributed by atoms with E-state index in [2.05, 4.69) is 20.4 Å². The molecule has 0 aliphatic heterocycles. The first-order chi connectivity index (χ1) is 5.27. The second kappa shape index (κ2) is 1.91. The lowest BCUT2D eigenvalue weighted by Gasteiger charge is -1.86. The first kappa shape index (κ1) is 6.09. The van der Waals surface area contributed by atoms with E-state index in [0.717, 1.165) is 5.69 Å². The highest BCUT2D eigenvalue weighted by atomic mass is 16.1. The summed E-state index contributed by atoms with van der Waals surface area (Å²) in [5.41, 5.74) is 1.08. The van der Waals surface area contributed by atoms with Crippen LogP contribution in [0, 0.1) is 6.92 Å². The molecule has 0 unspecified atom stereocenters. The number of hydrogen-bond donors (Lipinski definition) is 2. The summed E-state index contributed by atoms with van der Waals surface area (Å²) >= 11 is 0. The summed E-state index contributed by atoms with van der Waals surface area (Å²) in [6.45, 7) is 1.79. The fourth-order valence-electron chi connectivity index (χ4n) is 0.938. The maximum Gasteiger partial charge on any atom is 0.273 e. The van der Waals surface area contributed by atoms with Crippen LogP contribution in [-0.4, -0.2) is 20.4 Å². The molecule has 0 saturated carbocycles. The highest BCUT2D eigenvalue weighted by molar-refractivity contribution is 5.72. The van der Waals surface area contributed by atoms with Gasteiger partial charge in [0.05, 0.1) is 11.1 Å². The zero-order chi connectivity index (χ0) is 7.84. The van der Waals surface area contributed by atoms with Gasteiger partial charge in [-0.15, -0.1) is 5.10 Å². The lowest BCUT2D eigenvalue weighted by molar-refractivity contribution is 0.984. The van der Waals surface area contributed by atoms with Gasteiger partial charge >= 0.3 is 0 Å². The maximum absolute atomic E-state index is 11.0. The van der Waals surface area contributed by atoms with Crippen molar-refractivity contribution in [3.05, 3.63) is 22.1 Å². The zero-order valence-electron chi connectivity index (χ0n) is 5.88. The molecular weight excluding hydrogens is 144 g/mol. The Morgan fingerprint density at radius 3 is 3.00 bits per heavy atom. The zero-order valence-corrected chi connectivity index (χ0v) is 5.88. The molecule has 0 amide bonds. The number of nitrogens with zero attached hydrogens (tertiary/aromatic N) is 2. The van der Waals surface area contributed by atoms with E-state index in [-0.39, 0.29) is 5.56 Å². The molecule has 0 aliphatic carbocycles. The summed E-state index contributed by atoms with van der Waals surface area (Å²) < 4.78 is 0. The third-order valence-corrected chi connectivity index (χ3v) is 1.46. The van der Waals surface area contributed by atoms with E-state index in [4.69, 9.17) is 0 Å². The second-order valence-electron chi connectivity index (χ2n) is 2.33. The third kappa shape index (κ3) is 0.813. The molecule has 0 aliphatic rings. The van der Waals surface area contributed by atoms with Crippen molar-refractivity contribution < 1.29 is 0 Å². The summed E-state index contributed by atoms with van der Waals surface area (Å²) in [6.07, 6.45) is 0. The van der Waals surface area contributed by atoms with E-state index in [1.165, 1.54) is 0 Å². The first-order valence-corrected chi connectivity index (χ1v) is 3.18. The number of nitrogens with one attached hydrogen (secondary N) is 2. The van der Waals surface area contributed by atoms with Gasteiger partial charge in [0.15, 0.2) is 5.65 Å². The quantitative estimate of drug-likeness (QED) is 0.553. The first-order valence-electron chi connectivity index (χ1n) is 3.18. The van der Waals surface area contributed by atoms with Crippen molar-refractivity contribution in [1.82, 2.24) is 20.4 Å². The summed E-state index contributed by atoms with van der Waals surface area (Å²) in [5, 5.41) is 13.1. The highest BCUT2D eigenvalue weighted by Crippen LogP contribution is 2.00. The Bertz CT molecular complexity index is 441. The second-order valence-corrected chi connectivity index (χ2v) is 2.33. The SMILES string of the molecule is Cc1cc2c(=O)[nH][nH]c2nn1. The molecular formula is C6H6N4O. The average molecular weight is 150 g/mol. The van der Waals surface area contributed by atoms with Crippen LogP contribution in [0.1, 0.15) is 5.69 Å². The fourth-order valence-corrected chi connectivity index (χ4v) is 0.938. The van der Waals surface area contributed by atoms with Gasteiger partial charge in [0.25, 0.3) is 5.56 Å². The minimum absolute atomic E-state index is 0.155. The van der Waals surface area contributed by atoms with E-state index in [1.807, 2.05) is 0 Å². The van der Waals surface area contributed by atoms with Gasteiger partial charge in [-0.3, -0.25) is 15.0 Å². The average Bonchev–Trinajstić information content (AvgIpc) is 2.33. The van der Waals surface area contributed by atoms with Gasteiger partial charge in [-0.05, 0) is 13.0 Å². The van der Waals surface area contributed by atoms with Crippen molar-refractivity contribution >= 4 is 11.0 Å². The van der Waals surface area contributed by atoms with E-state index < -0.39 is 0 Å². The van der Waals surface area contributed by atoms with Gasteiger partial charge in [-0.2, -0.15) is 5.10 Å². The molecule has 0 atom stereocenters. The topological polar surface area (TPSA) is 74.4 Å². The minimum Gasteiger partial charge on any atom is -0.279 e. The molecule has 2 rings (SSSR count). The van der Waals surface area contributed by atoms with Crippen LogP contribution >= 0.6 is 0 Å². The van der Waals surface area contributed by atoms with Crippen molar-refractivity contribution in [2.45, 2.75) is 6.92 Å². The monoisotopic (exact) mass is 150 g/mol. The molecule has 5 heteroatoms. The number of aryl methyl sites for hydroxylation is 1. The fraction of sp³-hybridized carbons (Fsp3) is 0.167. The predicted octanol–water partition coefficient (Wildman–Crippen LogP) is -0.0454. The Labute approximate surface area is 61.4 Å². The van der Waals surface area contributed by atoms with E-state index >= 15 is 0 Å². The van der Waals surface area contributed by atoms with Crippen molar-refractivity contribution in [2.75, 3.05) is 0 Å². The summed E-state index contributed by atoms with van der Waals surface area (Å²) in [6, 6.07) is 1.69. The summed E-state index contributed by atoms with van der Waals surface area (Å²) in [5.74, 6) is 0. The molecule has 2 aromatic rings. The van der Waals surface area contributed by atoms with Crippen molar-refractivity contribution in [2.24, 2.45) is 0 Å². The number of rotatable bonds is 0. The largest absolute Gasteiger partial charge is 0.279 e. The number of fused-ring (bicyclic) bond motifs is 1. The molecule has 0 radical (unpaired) electrons. The van der Waals surface area contributed by atoms with Gasteiger partial charge in [-0.1, -0.05) is 0 Å². The van der Waals surface area contributed by atoms with Crippen LogP contribution in [0.2, 0.25) is 0 Å². The van der Waals surface area contributed by atoms with Crippen LogP contribution in [0.5, 0.6) is 0 Å². The van der Waals surface area contributed by atoms with Gasteiger partial charge in [0.1, 0.15) is 0 Å². The molecule has 2 heterocycles. The predicted molar refractivity (Wildman–Crippen MR) is 39.2 cm³/mol. The summed E-state index contributed by atoms with van der Waals surface area (Å²) in [4.78, 5) is 11.0. The highest BCUT2D eigenvalue weighted by Gasteiger charge is 2.00. The van der Waals surface area contributed by atoms with Crippen LogP contribution in [-0.2, 0) is 0 Å². The normalized spacial score (nSPS) is 10.6. The van der Waals surface area contributed by atoms with Gasteiger partial charge in [0, 0.05) is 0 Å². The number of aromatic nitrogens is 4. The number of hydrogen-bond acceptors (Lipinski definition) is 3. The lowest BCUT2D eigenvalue weighted by atomic mass is 10.3. The Balaban J connectivity index is 2.99. The van der Waals surface area contributed by atoms with E-state index in [1.54, 1.807) is 13.0 Å². The molecule has 0 spiro atoms. The van der Waals surface area contributed by atoms with Crippen LogP contribution in [0.15, 0.2) is 10.9 Å². The Hall–Kier alpha value is -1.65. The Morgan fingerprint density at radius 2 is 2.18 bits per heavy atom. The molecule has 2 aromatic heterocycles. The minimum atomic E-state index is -0.155. The van der Waals surface area contributed by atoms with Crippen LogP contribution in [0.25, 0.3) is 11.0 Å². The van der Waals surface area contributed by atoms with Crippen LogP contribution in [0.3, 0.4) is 0 Å². The lowest BCUT2D eigenvalue weighted by Crippen LogP contribution is -1.98. The van der Waals surface area contributed by atoms with E-state index in [0.29, 0.717) is 11.0 Å². The molecule has 0 saturated heterocycles. The van der Waals surface area contributed by atoms with Gasteiger partial charge in [-0.25, -0.2) is 0 Å².